The number of carbonyl (C=O) groups excluding carboxylic acids is 1. The van der Waals surface area contributed by atoms with E-state index < -0.39 is 0 Å². The number of hydrogen-bond donors (Lipinski definition) is 3. The fraction of sp³-hybridized carbons (Fsp3) is 0.154. The fourth-order valence-electron chi connectivity index (χ4n) is 3.29. The van der Waals surface area contributed by atoms with Gasteiger partial charge in [0.2, 0.25) is 11.1 Å². The lowest BCUT2D eigenvalue weighted by Gasteiger charge is -2.10. The van der Waals surface area contributed by atoms with E-state index in [9.17, 15) is 4.79 Å². The normalized spacial score (nSPS) is 10.9. The number of para-hydroxylation sites is 1. The van der Waals surface area contributed by atoms with Crippen LogP contribution in [0.1, 0.15) is 16.7 Å². The Hall–Kier alpha value is -4.22. The number of methoxy groups -OCH3 is 1. The summed E-state index contributed by atoms with van der Waals surface area (Å²) in [4.78, 5) is 12.4. The van der Waals surface area contributed by atoms with Crippen molar-refractivity contribution in [3.8, 4) is 11.5 Å². The molecule has 0 atom stereocenters. The van der Waals surface area contributed by atoms with Crippen molar-refractivity contribution in [2.75, 3.05) is 29.4 Å². The number of aryl methyl sites for hydroxylation is 1. The van der Waals surface area contributed by atoms with E-state index in [0.717, 1.165) is 34.2 Å². The van der Waals surface area contributed by atoms with Crippen molar-refractivity contribution in [3.63, 3.8) is 0 Å². The van der Waals surface area contributed by atoms with E-state index in [0.29, 0.717) is 28.2 Å². The van der Waals surface area contributed by atoms with Crippen LogP contribution in [0.25, 0.3) is 0 Å². The van der Waals surface area contributed by atoms with Crippen LogP contribution in [0.15, 0.2) is 77.0 Å². The predicted molar refractivity (Wildman–Crippen MR) is 151 cm³/mol. The first-order valence-corrected chi connectivity index (χ1v) is 12.8. The summed E-state index contributed by atoms with van der Waals surface area (Å²) in [5.74, 6) is 7.59. The number of hydrazone groups is 1. The Morgan fingerprint density at radius 2 is 1.95 bits per heavy atom. The molecule has 0 radical (unpaired) electrons. The van der Waals surface area contributed by atoms with Crippen LogP contribution in [0.3, 0.4) is 0 Å². The van der Waals surface area contributed by atoms with Crippen LogP contribution >= 0.6 is 23.4 Å². The van der Waals surface area contributed by atoms with Gasteiger partial charge in [-0.3, -0.25) is 4.79 Å². The zero-order valence-corrected chi connectivity index (χ0v) is 22.3. The van der Waals surface area contributed by atoms with Gasteiger partial charge in [-0.25, -0.2) is 10.1 Å². The highest BCUT2D eigenvalue weighted by Crippen LogP contribution is 2.23. The maximum Gasteiger partial charge on any atom is 0.264 e. The van der Waals surface area contributed by atoms with Crippen molar-refractivity contribution >= 4 is 47.1 Å². The molecule has 3 aromatic carbocycles. The van der Waals surface area contributed by atoms with E-state index in [1.807, 2.05) is 61.5 Å². The number of nitrogens with zero attached hydrogens (tertiary/aromatic N) is 4. The Balaban J connectivity index is 1.31. The van der Waals surface area contributed by atoms with E-state index in [1.54, 1.807) is 25.5 Å². The number of carbonyl (C=O) groups is 1. The number of hydrogen-bond acceptors (Lipinski definition) is 9. The van der Waals surface area contributed by atoms with Crippen LogP contribution < -0.4 is 26.1 Å². The average molecular weight is 552 g/mol. The third-order valence-corrected chi connectivity index (χ3v) is 6.49. The number of rotatable bonds is 11. The highest BCUT2D eigenvalue weighted by Gasteiger charge is 2.13. The Morgan fingerprint density at radius 3 is 2.71 bits per heavy atom. The van der Waals surface area contributed by atoms with Gasteiger partial charge in [-0.1, -0.05) is 47.6 Å². The van der Waals surface area contributed by atoms with Crippen molar-refractivity contribution in [2.45, 2.75) is 18.7 Å². The quantitative estimate of drug-likeness (QED) is 0.106. The van der Waals surface area contributed by atoms with Gasteiger partial charge >= 0.3 is 0 Å². The van der Waals surface area contributed by atoms with Gasteiger partial charge in [-0.2, -0.15) is 5.10 Å². The molecule has 4 rings (SSSR count). The minimum atomic E-state index is -0.200. The second-order valence-corrected chi connectivity index (χ2v) is 9.40. The highest BCUT2D eigenvalue weighted by atomic mass is 35.5. The summed E-state index contributed by atoms with van der Waals surface area (Å²) in [6, 6.07) is 20.4. The SMILES string of the molecule is COc1ccc(NC(=O)CSc2nnc(N/N=C/c3ccccc3OCc3ccc(Cl)cc3)n2N)c(C)c1. The summed E-state index contributed by atoms with van der Waals surface area (Å²) in [5, 5.41) is 16.1. The molecule has 0 spiro atoms. The van der Waals surface area contributed by atoms with Crippen molar-refractivity contribution < 1.29 is 14.3 Å². The van der Waals surface area contributed by atoms with Gasteiger partial charge in [0.15, 0.2) is 0 Å². The van der Waals surface area contributed by atoms with Gasteiger partial charge in [0.1, 0.15) is 18.1 Å². The minimum absolute atomic E-state index is 0.0996. The molecule has 0 saturated carbocycles. The number of halogens is 1. The molecular weight excluding hydrogens is 526 g/mol. The largest absolute Gasteiger partial charge is 0.497 e. The number of amides is 1. The Morgan fingerprint density at radius 1 is 1.16 bits per heavy atom. The van der Waals surface area contributed by atoms with E-state index in [2.05, 4.69) is 26.0 Å². The number of anilines is 2. The van der Waals surface area contributed by atoms with Crippen molar-refractivity contribution in [3.05, 3.63) is 88.4 Å². The van der Waals surface area contributed by atoms with Gasteiger partial charge < -0.3 is 20.6 Å². The maximum atomic E-state index is 12.4. The molecule has 0 fully saturated rings. The standard InChI is InChI=1S/C26H26ClN7O3S/c1-17-13-21(36-2)11-12-22(17)30-24(35)16-38-26-33-32-25(34(26)28)31-29-14-19-5-3-4-6-23(19)37-15-18-7-9-20(27)10-8-18/h3-14H,15-16,28H2,1-2H3,(H,30,35)(H,31,32)/b29-14+. The molecule has 0 bridgehead atoms. The van der Waals surface area contributed by atoms with Gasteiger partial charge in [0, 0.05) is 16.3 Å². The second kappa shape index (κ2) is 12.8. The topological polar surface area (TPSA) is 129 Å². The molecule has 10 nitrogen and oxygen atoms in total. The zero-order valence-electron chi connectivity index (χ0n) is 20.7. The molecule has 0 aliphatic heterocycles. The lowest BCUT2D eigenvalue weighted by molar-refractivity contribution is -0.113. The fourth-order valence-corrected chi connectivity index (χ4v) is 4.07. The number of nitrogens with two attached hydrogens (primary N) is 1. The Bertz CT molecular complexity index is 1430. The zero-order chi connectivity index (χ0) is 26.9. The smallest absolute Gasteiger partial charge is 0.264 e. The molecular formula is C26H26ClN7O3S. The molecule has 196 valence electrons. The first-order valence-electron chi connectivity index (χ1n) is 11.5. The molecule has 1 heterocycles. The maximum absolute atomic E-state index is 12.4. The monoisotopic (exact) mass is 551 g/mol. The van der Waals surface area contributed by atoms with Crippen LogP contribution in [-0.2, 0) is 11.4 Å². The molecule has 4 aromatic rings. The number of nitrogen functional groups attached to an aromatic ring is 1. The molecule has 1 amide bonds. The molecule has 0 aliphatic carbocycles. The Labute approximate surface area is 229 Å². The van der Waals surface area contributed by atoms with E-state index in [-0.39, 0.29) is 17.6 Å². The van der Waals surface area contributed by atoms with Crippen LogP contribution in [0.4, 0.5) is 11.6 Å². The lowest BCUT2D eigenvalue weighted by atomic mass is 10.2. The lowest BCUT2D eigenvalue weighted by Crippen LogP contribution is -2.17. The van der Waals surface area contributed by atoms with Crippen LogP contribution in [0.5, 0.6) is 11.5 Å². The molecule has 0 saturated heterocycles. The van der Waals surface area contributed by atoms with Crippen LogP contribution in [0, 0.1) is 6.92 Å². The molecule has 0 unspecified atom stereocenters. The number of thioether (sulfide) groups is 1. The van der Waals surface area contributed by atoms with Gasteiger partial charge in [-0.15, -0.1) is 10.2 Å². The molecule has 12 heteroatoms. The summed E-state index contributed by atoms with van der Waals surface area (Å²) in [6.45, 7) is 2.28. The first kappa shape index (κ1) is 26.8. The summed E-state index contributed by atoms with van der Waals surface area (Å²) >= 11 is 7.10. The number of benzene rings is 3. The van der Waals surface area contributed by atoms with E-state index >= 15 is 0 Å². The van der Waals surface area contributed by atoms with Crippen molar-refractivity contribution in [1.82, 2.24) is 14.9 Å². The van der Waals surface area contributed by atoms with Gasteiger partial charge in [0.05, 0.1) is 19.1 Å². The molecule has 4 N–H and O–H groups in total. The van der Waals surface area contributed by atoms with Gasteiger partial charge in [0.25, 0.3) is 5.95 Å². The van der Waals surface area contributed by atoms with Crippen LogP contribution in [0.2, 0.25) is 5.02 Å². The van der Waals surface area contributed by atoms with Crippen molar-refractivity contribution in [1.29, 1.82) is 0 Å². The van der Waals surface area contributed by atoms with E-state index in [4.69, 9.17) is 26.9 Å². The van der Waals surface area contributed by atoms with Crippen molar-refractivity contribution in [2.24, 2.45) is 5.10 Å². The summed E-state index contributed by atoms with van der Waals surface area (Å²) in [7, 11) is 1.60. The molecule has 0 aliphatic rings. The third kappa shape index (κ3) is 7.17. The predicted octanol–water partition coefficient (Wildman–Crippen LogP) is 4.72. The Kier molecular flexibility index (Phi) is 9.07. The van der Waals surface area contributed by atoms with E-state index in [1.165, 1.54) is 4.68 Å². The second-order valence-electron chi connectivity index (χ2n) is 8.02. The summed E-state index contributed by atoms with van der Waals surface area (Å²) in [6.07, 6.45) is 1.60. The van der Waals surface area contributed by atoms with Crippen LogP contribution in [-0.4, -0.2) is 39.9 Å². The first-order chi connectivity index (χ1) is 18.4. The number of aromatic nitrogens is 3. The molecule has 38 heavy (non-hydrogen) atoms. The third-order valence-electron chi connectivity index (χ3n) is 5.30. The van der Waals surface area contributed by atoms with Gasteiger partial charge in [-0.05, 0) is 60.5 Å². The number of ether oxygens (including phenoxy) is 2. The summed E-state index contributed by atoms with van der Waals surface area (Å²) < 4.78 is 12.4. The number of nitrogens with one attached hydrogen (secondary N) is 2. The molecule has 1 aromatic heterocycles. The summed E-state index contributed by atoms with van der Waals surface area (Å²) in [5.41, 5.74) is 6.13. The average Bonchev–Trinajstić information content (AvgIpc) is 3.27. The highest BCUT2D eigenvalue weighted by molar-refractivity contribution is 7.99. The minimum Gasteiger partial charge on any atom is -0.497 e.